The number of carbonyl (C=O) groups is 1. The topological polar surface area (TPSA) is 114 Å². The first-order chi connectivity index (χ1) is 18.5. The maximum Gasteiger partial charge on any atom is 0.233 e. The minimum Gasteiger partial charge on any atom is -0.494 e. The molecule has 1 saturated heterocycles. The van der Waals surface area contributed by atoms with Crippen molar-refractivity contribution in [3.05, 3.63) is 24.0 Å². The molecular formula is C27H40FN7O3. The molecule has 0 bridgehead atoms. The molecule has 0 atom stereocenters. The van der Waals surface area contributed by atoms with Crippen molar-refractivity contribution in [2.24, 2.45) is 0 Å². The van der Waals surface area contributed by atoms with Crippen molar-refractivity contribution in [3.63, 3.8) is 0 Å². The number of rotatable bonds is 12. The lowest BCUT2D eigenvalue weighted by Gasteiger charge is -2.32. The molecular weight excluding hydrogens is 489 g/mol. The standard InChI is InChI=1S/C27H40FN7O3/c1-37-16-13-22(36)18-35-14-11-20(12-15-35)30-26-32-25(29-19-7-5-3-4-6-8-19)33-27(34-26)31-21-9-10-24(38-2)23(28)17-21/h9-10,17,19-20H,3-8,11-16,18H2,1-2H3,(H3,29,30,31,32,33,34). The van der Waals surface area contributed by atoms with Gasteiger partial charge in [0.25, 0.3) is 0 Å². The van der Waals surface area contributed by atoms with Gasteiger partial charge in [-0.25, -0.2) is 4.39 Å². The lowest BCUT2D eigenvalue weighted by atomic mass is 10.0. The quantitative estimate of drug-likeness (QED) is 0.342. The van der Waals surface area contributed by atoms with Crippen LogP contribution < -0.4 is 20.7 Å². The highest BCUT2D eigenvalue weighted by atomic mass is 19.1. The zero-order chi connectivity index (χ0) is 26.7. The van der Waals surface area contributed by atoms with Gasteiger partial charge in [0, 0.05) is 50.5 Å². The monoisotopic (exact) mass is 529 g/mol. The maximum absolute atomic E-state index is 14.3. The fourth-order valence-corrected chi connectivity index (χ4v) is 5.00. The summed E-state index contributed by atoms with van der Waals surface area (Å²) in [5, 5.41) is 10.1. The maximum atomic E-state index is 14.3. The van der Waals surface area contributed by atoms with E-state index in [1.165, 1.54) is 38.9 Å². The summed E-state index contributed by atoms with van der Waals surface area (Å²) in [5.41, 5.74) is 0.521. The average Bonchev–Trinajstić information content (AvgIpc) is 3.17. The van der Waals surface area contributed by atoms with E-state index in [1.54, 1.807) is 19.2 Å². The Labute approximate surface area is 224 Å². The molecule has 1 aliphatic carbocycles. The van der Waals surface area contributed by atoms with Gasteiger partial charge in [-0.1, -0.05) is 25.7 Å². The Morgan fingerprint density at radius 1 is 0.947 bits per heavy atom. The number of nitrogens with zero attached hydrogens (tertiary/aromatic N) is 4. The van der Waals surface area contributed by atoms with Crippen molar-refractivity contribution >= 4 is 29.3 Å². The third-order valence-corrected chi connectivity index (χ3v) is 7.14. The number of ether oxygens (including phenoxy) is 2. The van der Waals surface area contributed by atoms with Crippen LogP contribution >= 0.6 is 0 Å². The summed E-state index contributed by atoms with van der Waals surface area (Å²) in [6.07, 6.45) is 9.27. The van der Waals surface area contributed by atoms with Crippen LogP contribution in [0.5, 0.6) is 5.75 Å². The summed E-state index contributed by atoms with van der Waals surface area (Å²) in [5.74, 6) is 1.24. The Morgan fingerprint density at radius 3 is 2.18 bits per heavy atom. The lowest BCUT2D eigenvalue weighted by molar-refractivity contribution is -0.121. The van der Waals surface area contributed by atoms with Gasteiger partial charge < -0.3 is 25.4 Å². The molecule has 2 heterocycles. The van der Waals surface area contributed by atoms with Crippen LogP contribution in [0.1, 0.15) is 57.8 Å². The van der Waals surface area contributed by atoms with Gasteiger partial charge in [0.15, 0.2) is 11.6 Å². The molecule has 10 nitrogen and oxygen atoms in total. The van der Waals surface area contributed by atoms with E-state index in [4.69, 9.17) is 9.47 Å². The van der Waals surface area contributed by atoms with E-state index < -0.39 is 5.82 Å². The first-order valence-electron chi connectivity index (χ1n) is 13.6. The molecule has 1 aromatic heterocycles. The Morgan fingerprint density at radius 2 is 1.58 bits per heavy atom. The molecule has 0 unspecified atom stereocenters. The summed E-state index contributed by atoms with van der Waals surface area (Å²) in [4.78, 5) is 28.2. The number of benzene rings is 1. The molecule has 2 aliphatic rings. The molecule has 4 rings (SSSR count). The molecule has 3 N–H and O–H groups in total. The third kappa shape index (κ3) is 8.49. The van der Waals surface area contributed by atoms with Crippen molar-refractivity contribution < 1.29 is 18.7 Å². The highest BCUT2D eigenvalue weighted by molar-refractivity contribution is 5.80. The van der Waals surface area contributed by atoms with Gasteiger partial charge in [-0.05, 0) is 37.8 Å². The van der Waals surface area contributed by atoms with Gasteiger partial charge in [-0.3, -0.25) is 9.69 Å². The summed E-state index contributed by atoms with van der Waals surface area (Å²) in [6.45, 7) is 2.58. The summed E-state index contributed by atoms with van der Waals surface area (Å²) in [6, 6.07) is 5.15. The van der Waals surface area contributed by atoms with Gasteiger partial charge in [-0.2, -0.15) is 15.0 Å². The van der Waals surface area contributed by atoms with Crippen LogP contribution in [0.2, 0.25) is 0 Å². The zero-order valence-corrected chi connectivity index (χ0v) is 22.5. The smallest absolute Gasteiger partial charge is 0.233 e. The van der Waals surface area contributed by atoms with E-state index >= 15 is 0 Å². The van der Waals surface area contributed by atoms with E-state index in [-0.39, 0.29) is 17.6 Å². The predicted molar refractivity (Wildman–Crippen MR) is 146 cm³/mol. The van der Waals surface area contributed by atoms with Crippen molar-refractivity contribution in [1.29, 1.82) is 0 Å². The molecule has 2 fully saturated rings. The van der Waals surface area contributed by atoms with Crippen molar-refractivity contribution in [2.75, 3.05) is 56.4 Å². The highest BCUT2D eigenvalue weighted by Crippen LogP contribution is 2.25. The molecule has 0 amide bonds. The zero-order valence-electron chi connectivity index (χ0n) is 22.5. The van der Waals surface area contributed by atoms with Crippen LogP contribution in [0.3, 0.4) is 0 Å². The SMILES string of the molecule is COCCC(=O)CN1CCC(Nc2nc(Nc3ccc(OC)c(F)c3)nc(NC3CCCCCC3)n2)CC1. The molecule has 1 aromatic carbocycles. The number of carbonyl (C=O) groups excluding carboxylic acids is 1. The van der Waals surface area contributed by atoms with E-state index in [2.05, 4.69) is 35.8 Å². The molecule has 2 aromatic rings. The second kappa shape index (κ2) is 14.2. The predicted octanol–water partition coefficient (Wildman–Crippen LogP) is 4.38. The number of hydrogen-bond acceptors (Lipinski definition) is 10. The molecule has 0 spiro atoms. The van der Waals surface area contributed by atoms with Crippen molar-refractivity contribution in [3.8, 4) is 5.75 Å². The number of anilines is 4. The number of hydrogen-bond donors (Lipinski definition) is 3. The molecule has 38 heavy (non-hydrogen) atoms. The van der Waals surface area contributed by atoms with Crippen molar-refractivity contribution in [2.45, 2.75) is 69.9 Å². The molecule has 11 heteroatoms. The number of ketones is 1. The van der Waals surface area contributed by atoms with Crippen LogP contribution in [0.15, 0.2) is 18.2 Å². The first kappa shape index (κ1) is 28.0. The van der Waals surface area contributed by atoms with Crippen LogP contribution in [-0.2, 0) is 9.53 Å². The number of piperidine rings is 1. The fourth-order valence-electron chi connectivity index (χ4n) is 5.00. The van der Waals surface area contributed by atoms with E-state index in [0.717, 1.165) is 38.8 Å². The van der Waals surface area contributed by atoms with Gasteiger partial charge in [0.1, 0.15) is 5.78 Å². The Bertz CT molecular complexity index is 1040. The lowest BCUT2D eigenvalue weighted by Crippen LogP contribution is -2.41. The number of likely N-dealkylation sites (tertiary alicyclic amines) is 1. The molecule has 1 aliphatic heterocycles. The van der Waals surface area contributed by atoms with Gasteiger partial charge in [0.2, 0.25) is 17.8 Å². The number of Topliss-reactive ketones (excluding diaryl/α,β-unsaturated/α-hetero) is 1. The third-order valence-electron chi connectivity index (χ3n) is 7.14. The van der Waals surface area contributed by atoms with Gasteiger partial charge in [-0.15, -0.1) is 0 Å². The van der Waals surface area contributed by atoms with Crippen LogP contribution in [0, 0.1) is 5.82 Å². The second-order valence-corrected chi connectivity index (χ2v) is 10.1. The minimum absolute atomic E-state index is 0.177. The number of halogens is 1. The van der Waals surface area contributed by atoms with E-state index in [0.29, 0.717) is 49.1 Å². The van der Waals surface area contributed by atoms with Crippen LogP contribution in [-0.4, -0.2) is 78.2 Å². The molecule has 1 saturated carbocycles. The Hall–Kier alpha value is -3.05. The second-order valence-electron chi connectivity index (χ2n) is 10.1. The average molecular weight is 530 g/mol. The normalized spacial score (nSPS) is 17.6. The number of methoxy groups -OCH3 is 2. The summed E-state index contributed by atoms with van der Waals surface area (Å²) < 4.78 is 24.3. The largest absolute Gasteiger partial charge is 0.494 e. The highest BCUT2D eigenvalue weighted by Gasteiger charge is 2.22. The fraction of sp³-hybridized carbons (Fsp3) is 0.630. The van der Waals surface area contributed by atoms with E-state index in [9.17, 15) is 9.18 Å². The molecule has 0 radical (unpaired) electrons. The Balaban J connectivity index is 1.43. The van der Waals surface area contributed by atoms with Crippen LogP contribution in [0.4, 0.5) is 27.9 Å². The first-order valence-corrected chi connectivity index (χ1v) is 13.6. The number of aromatic nitrogens is 3. The summed E-state index contributed by atoms with van der Waals surface area (Å²) >= 11 is 0. The van der Waals surface area contributed by atoms with Crippen molar-refractivity contribution in [1.82, 2.24) is 19.9 Å². The van der Waals surface area contributed by atoms with Gasteiger partial charge >= 0.3 is 0 Å². The van der Waals surface area contributed by atoms with E-state index in [1.807, 2.05) is 0 Å². The minimum atomic E-state index is -0.464. The number of nitrogens with one attached hydrogen (secondary N) is 3. The van der Waals surface area contributed by atoms with Gasteiger partial charge in [0.05, 0.1) is 20.3 Å². The molecule has 208 valence electrons. The Kier molecular flexibility index (Phi) is 10.5. The van der Waals surface area contributed by atoms with Crippen LogP contribution in [0.25, 0.3) is 0 Å². The summed E-state index contributed by atoms with van der Waals surface area (Å²) in [7, 11) is 3.05.